The molecule has 1 atom stereocenters. The maximum Gasteiger partial charge on any atom is 0.0932 e. The van der Waals surface area contributed by atoms with Gasteiger partial charge in [0.1, 0.15) is 0 Å². The van der Waals surface area contributed by atoms with Crippen LogP contribution in [0.5, 0.6) is 0 Å². The van der Waals surface area contributed by atoms with Gasteiger partial charge < -0.3 is 0 Å². The van der Waals surface area contributed by atoms with Crippen LogP contribution in [0.1, 0.15) is 26.3 Å². The van der Waals surface area contributed by atoms with E-state index in [2.05, 4.69) is 37.0 Å². The number of nitrogens with zero attached hydrogens (tertiary/aromatic N) is 2. The lowest BCUT2D eigenvalue weighted by Gasteiger charge is -2.25. The lowest BCUT2D eigenvalue weighted by molar-refractivity contribution is 0.386. The van der Waals surface area contributed by atoms with E-state index in [1.54, 1.807) is 0 Å². The first-order valence-electron chi connectivity index (χ1n) is 5.82. The molecule has 0 radical (unpaired) electrons. The number of aromatic nitrogens is 2. The van der Waals surface area contributed by atoms with Gasteiger partial charge in [-0.15, -0.1) is 11.6 Å². The second-order valence-electron chi connectivity index (χ2n) is 5.42. The summed E-state index contributed by atoms with van der Waals surface area (Å²) in [7, 11) is 0. The van der Waals surface area contributed by atoms with Gasteiger partial charge in [0, 0.05) is 10.8 Å². The molecule has 0 N–H and O–H groups in total. The van der Waals surface area contributed by atoms with Crippen LogP contribution in [0.15, 0.2) is 30.5 Å². The molecule has 1 unspecified atom stereocenters. The number of alkyl halides is 1. The fourth-order valence-corrected chi connectivity index (χ4v) is 1.89. The minimum Gasteiger partial charge on any atom is -0.158 e. The van der Waals surface area contributed by atoms with Gasteiger partial charge in [-0.3, -0.25) is 0 Å². The first-order chi connectivity index (χ1) is 7.98. The van der Waals surface area contributed by atoms with Crippen LogP contribution in [-0.4, -0.2) is 15.6 Å². The standard InChI is InChI=1S/C14H17ClN2/c1-14(2,3)13(15)8-10-9-16-17-12-7-5-4-6-11(10)12/h4-7,9,13H,8H2,1-3H3. The number of halogens is 1. The summed E-state index contributed by atoms with van der Waals surface area (Å²) in [5.74, 6) is 0. The Kier molecular flexibility index (Phi) is 3.34. The third-order valence-corrected chi connectivity index (χ3v) is 3.78. The molecule has 0 saturated carbocycles. The van der Waals surface area contributed by atoms with Crippen LogP contribution >= 0.6 is 11.6 Å². The van der Waals surface area contributed by atoms with E-state index < -0.39 is 0 Å². The Morgan fingerprint density at radius 2 is 1.94 bits per heavy atom. The molecular weight excluding hydrogens is 232 g/mol. The number of benzene rings is 1. The summed E-state index contributed by atoms with van der Waals surface area (Å²) < 4.78 is 0. The van der Waals surface area contributed by atoms with E-state index in [9.17, 15) is 0 Å². The summed E-state index contributed by atoms with van der Waals surface area (Å²) in [5, 5.41) is 9.40. The van der Waals surface area contributed by atoms with Crippen LogP contribution < -0.4 is 0 Å². The van der Waals surface area contributed by atoms with E-state index in [0.717, 1.165) is 17.3 Å². The number of fused-ring (bicyclic) bond motifs is 1. The fraction of sp³-hybridized carbons (Fsp3) is 0.429. The molecule has 3 heteroatoms. The van der Waals surface area contributed by atoms with Crippen LogP contribution in [-0.2, 0) is 6.42 Å². The predicted octanol–water partition coefficient (Wildman–Crippen LogP) is 3.83. The third-order valence-electron chi connectivity index (χ3n) is 2.97. The highest BCUT2D eigenvalue weighted by Gasteiger charge is 2.23. The molecule has 90 valence electrons. The van der Waals surface area contributed by atoms with E-state index in [1.165, 1.54) is 5.56 Å². The summed E-state index contributed by atoms with van der Waals surface area (Å²) >= 11 is 6.44. The normalized spacial score (nSPS) is 13.9. The molecule has 0 spiro atoms. The van der Waals surface area contributed by atoms with Crippen molar-refractivity contribution < 1.29 is 0 Å². The highest BCUT2D eigenvalue weighted by molar-refractivity contribution is 6.21. The van der Waals surface area contributed by atoms with Crippen LogP contribution in [0.4, 0.5) is 0 Å². The lowest BCUT2D eigenvalue weighted by atomic mass is 9.87. The van der Waals surface area contributed by atoms with Crippen molar-refractivity contribution in [3.63, 3.8) is 0 Å². The van der Waals surface area contributed by atoms with Gasteiger partial charge in [-0.2, -0.15) is 10.2 Å². The SMILES string of the molecule is CC(C)(C)C(Cl)Cc1cnnc2ccccc12. The minimum atomic E-state index is 0.0892. The highest BCUT2D eigenvalue weighted by Crippen LogP contribution is 2.29. The zero-order valence-electron chi connectivity index (χ0n) is 10.4. The molecular formula is C14H17ClN2. The Morgan fingerprint density at radius 1 is 1.24 bits per heavy atom. The molecule has 2 nitrogen and oxygen atoms in total. The van der Waals surface area contributed by atoms with E-state index in [-0.39, 0.29) is 10.8 Å². The summed E-state index contributed by atoms with van der Waals surface area (Å²) in [6.45, 7) is 6.46. The highest BCUT2D eigenvalue weighted by atomic mass is 35.5. The summed E-state index contributed by atoms with van der Waals surface area (Å²) in [5.41, 5.74) is 2.19. The van der Waals surface area contributed by atoms with Crippen LogP contribution in [0.3, 0.4) is 0 Å². The van der Waals surface area contributed by atoms with Crippen molar-refractivity contribution in [2.45, 2.75) is 32.6 Å². The van der Waals surface area contributed by atoms with Gasteiger partial charge >= 0.3 is 0 Å². The quantitative estimate of drug-likeness (QED) is 0.755. The average molecular weight is 249 g/mol. The van der Waals surface area contributed by atoms with Crippen LogP contribution in [0, 0.1) is 5.41 Å². The fourth-order valence-electron chi connectivity index (χ4n) is 1.72. The van der Waals surface area contributed by atoms with E-state index in [4.69, 9.17) is 11.6 Å². The Labute approximate surface area is 107 Å². The van der Waals surface area contributed by atoms with Gasteiger partial charge in [0.05, 0.1) is 11.7 Å². The smallest absolute Gasteiger partial charge is 0.0932 e. The van der Waals surface area contributed by atoms with Gasteiger partial charge in [-0.1, -0.05) is 39.0 Å². The molecule has 0 aliphatic heterocycles. The first-order valence-corrected chi connectivity index (χ1v) is 6.25. The van der Waals surface area contributed by atoms with Gasteiger partial charge in [-0.05, 0) is 23.5 Å². The van der Waals surface area contributed by atoms with Crippen molar-refractivity contribution in [1.29, 1.82) is 0 Å². The average Bonchev–Trinajstić information content (AvgIpc) is 2.28. The Balaban J connectivity index is 2.36. The minimum absolute atomic E-state index is 0.0892. The second-order valence-corrected chi connectivity index (χ2v) is 5.95. The van der Waals surface area contributed by atoms with E-state index in [1.807, 2.05) is 24.4 Å². The Hall–Kier alpha value is -1.15. The Morgan fingerprint density at radius 3 is 2.65 bits per heavy atom. The predicted molar refractivity (Wildman–Crippen MR) is 72.3 cm³/mol. The number of hydrogen-bond acceptors (Lipinski definition) is 2. The first kappa shape index (κ1) is 12.3. The van der Waals surface area contributed by atoms with Crippen molar-refractivity contribution in [3.05, 3.63) is 36.0 Å². The molecule has 0 aliphatic carbocycles. The van der Waals surface area contributed by atoms with Gasteiger partial charge in [0.15, 0.2) is 0 Å². The molecule has 0 aliphatic rings. The second kappa shape index (κ2) is 4.61. The molecule has 1 aromatic carbocycles. The summed E-state index contributed by atoms with van der Waals surface area (Å²) in [4.78, 5) is 0. The molecule has 17 heavy (non-hydrogen) atoms. The van der Waals surface area contributed by atoms with Crippen molar-refractivity contribution >= 4 is 22.5 Å². The molecule has 1 aromatic heterocycles. The van der Waals surface area contributed by atoms with Gasteiger partial charge in [0.25, 0.3) is 0 Å². The topological polar surface area (TPSA) is 25.8 Å². The molecule has 2 aromatic rings. The number of hydrogen-bond donors (Lipinski definition) is 0. The van der Waals surface area contributed by atoms with E-state index in [0.29, 0.717) is 0 Å². The maximum absolute atomic E-state index is 6.44. The summed E-state index contributed by atoms with van der Waals surface area (Å²) in [6, 6.07) is 8.05. The number of rotatable bonds is 2. The summed E-state index contributed by atoms with van der Waals surface area (Å²) in [6.07, 6.45) is 2.64. The van der Waals surface area contributed by atoms with Crippen molar-refractivity contribution in [3.8, 4) is 0 Å². The molecule has 0 bridgehead atoms. The van der Waals surface area contributed by atoms with E-state index >= 15 is 0 Å². The van der Waals surface area contributed by atoms with Crippen LogP contribution in [0.2, 0.25) is 0 Å². The molecule has 0 fully saturated rings. The zero-order chi connectivity index (χ0) is 12.5. The van der Waals surface area contributed by atoms with Crippen LogP contribution in [0.25, 0.3) is 10.9 Å². The largest absolute Gasteiger partial charge is 0.158 e. The van der Waals surface area contributed by atoms with Gasteiger partial charge in [-0.25, -0.2) is 0 Å². The van der Waals surface area contributed by atoms with Crippen molar-refractivity contribution in [2.24, 2.45) is 5.41 Å². The monoisotopic (exact) mass is 248 g/mol. The molecule has 1 heterocycles. The molecule has 2 rings (SSSR count). The zero-order valence-corrected chi connectivity index (χ0v) is 11.2. The molecule has 0 saturated heterocycles. The van der Waals surface area contributed by atoms with Crippen molar-refractivity contribution in [2.75, 3.05) is 0 Å². The third kappa shape index (κ3) is 2.75. The molecule has 0 amide bonds. The van der Waals surface area contributed by atoms with Crippen molar-refractivity contribution in [1.82, 2.24) is 10.2 Å². The van der Waals surface area contributed by atoms with Gasteiger partial charge in [0.2, 0.25) is 0 Å². The Bertz CT molecular complexity index is 512. The maximum atomic E-state index is 6.44. The lowest BCUT2D eigenvalue weighted by Crippen LogP contribution is -2.23.